The Morgan fingerprint density at radius 2 is 1.11 bits per heavy atom. The molecule has 0 bridgehead atoms. The zero-order chi connectivity index (χ0) is 49.1. The van der Waals surface area contributed by atoms with Crippen LogP contribution in [0.4, 0.5) is 5.95 Å². The number of carbonyl (C=O) groups excluding carboxylic acids is 2. The normalized spacial score (nSPS) is 14.5. The maximum atomic E-state index is 15.1. The molecule has 0 saturated heterocycles. The molecule has 0 spiro atoms. The van der Waals surface area contributed by atoms with Crippen molar-refractivity contribution in [2.45, 2.75) is 52.0 Å². The molecule has 70 heavy (non-hydrogen) atoms. The number of esters is 2. The third-order valence-corrected chi connectivity index (χ3v) is 13.9. The fourth-order valence-corrected chi connectivity index (χ4v) is 10.1. The number of rotatable bonds is 23. The van der Waals surface area contributed by atoms with Crippen LogP contribution < -0.4 is 30.5 Å². The fraction of sp³-hybridized carbons (Fsp3) is 0.204. The number of anilines is 1. The lowest BCUT2D eigenvalue weighted by Crippen LogP contribution is -2.37. The third-order valence-electron chi connectivity index (χ3n) is 10.6. The van der Waals surface area contributed by atoms with E-state index in [0.717, 1.165) is 21.9 Å². The summed E-state index contributed by atoms with van der Waals surface area (Å²) in [5, 5.41) is 8.14. The van der Waals surface area contributed by atoms with Crippen LogP contribution in [-0.4, -0.2) is 62.9 Å². The summed E-state index contributed by atoms with van der Waals surface area (Å²) in [6.07, 6.45) is -0.0158. The van der Waals surface area contributed by atoms with Gasteiger partial charge in [-0.15, -0.1) is 0 Å². The van der Waals surface area contributed by atoms with E-state index in [0.29, 0.717) is 10.8 Å². The lowest BCUT2D eigenvalue weighted by Gasteiger charge is -2.27. The Hall–Kier alpha value is -7.21. The summed E-state index contributed by atoms with van der Waals surface area (Å²) in [7, 11) is -9.23. The van der Waals surface area contributed by atoms with E-state index in [1.165, 1.54) is 24.7 Å². The SMILES string of the molecule is C[C@H](NP(=O)(OCC(COP(=O)(N[C@@H](C)C(=O)OCc1ccccc1)Oc1cccc2ccccc12)OCn1cnc2c(=O)[nH]c(N)nc21)Oc1cccc2ccccc12)C(=O)OCc1ccccc1. The second kappa shape index (κ2) is 22.5. The molecule has 2 unspecified atom stereocenters. The third kappa shape index (κ3) is 12.7. The second-order valence-electron chi connectivity index (χ2n) is 15.9. The minimum Gasteiger partial charge on any atom is -0.460 e. The standard InChI is InChI=1S/C49H49N7O12P2/c1-33(47(58)62-27-35-15-5-3-6-16-35)54-69(60,67-42-25-13-21-37-19-9-11-23-40(37)42)65-29-39(64-32-56-31-51-44-45(56)52-49(50)53-46(44)57)30-66-70(61,68-43-26-14-22-38-20-10-12-24-41(38)43)55-34(2)48(59)63-28-36-17-7-4-8-18-36/h3-26,31,33-34,39H,27-30,32H2,1-2H3,(H,54,60)(H,55,61)(H3,50,52,53,57)/t33-,34-,39?,69?,70?/m0/s1. The Kier molecular flexibility index (Phi) is 15.8. The number of nitrogens with zero attached hydrogens (tertiary/aromatic N) is 3. The van der Waals surface area contributed by atoms with E-state index < -0.39 is 64.4 Å². The average Bonchev–Trinajstić information content (AvgIpc) is 3.78. The van der Waals surface area contributed by atoms with Gasteiger partial charge in [-0.25, -0.2) is 14.1 Å². The molecule has 21 heteroatoms. The van der Waals surface area contributed by atoms with Crippen LogP contribution in [0, 0.1) is 0 Å². The number of hydrogen-bond acceptors (Lipinski definition) is 15. The molecule has 0 fully saturated rings. The molecule has 0 radical (unpaired) electrons. The monoisotopic (exact) mass is 989 g/mol. The smallest absolute Gasteiger partial charge is 0.459 e. The van der Waals surface area contributed by atoms with Gasteiger partial charge < -0.3 is 29.0 Å². The highest BCUT2D eigenvalue weighted by Gasteiger charge is 2.37. The van der Waals surface area contributed by atoms with Crippen LogP contribution in [0.5, 0.6) is 11.5 Å². The first-order chi connectivity index (χ1) is 33.8. The highest BCUT2D eigenvalue weighted by atomic mass is 31.2. The second-order valence-corrected chi connectivity index (χ2v) is 19.3. The zero-order valence-electron chi connectivity index (χ0n) is 37.9. The summed E-state index contributed by atoms with van der Waals surface area (Å²) in [4.78, 5) is 50.1. The molecular formula is C49H49N7O12P2. The van der Waals surface area contributed by atoms with Gasteiger partial charge in [0.25, 0.3) is 5.56 Å². The quantitative estimate of drug-likeness (QED) is 0.0348. The molecule has 8 rings (SSSR count). The van der Waals surface area contributed by atoms with Crippen molar-refractivity contribution in [2.75, 3.05) is 18.9 Å². The van der Waals surface area contributed by atoms with Crippen molar-refractivity contribution in [3.63, 3.8) is 0 Å². The van der Waals surface area contributed by atoms with Crippen LogP contribution >= 0.6 is 15.5 Å². The van der Waals surface area contributed by atoms with Crippen molar-refractivity contribution in [3.8, 4) is 11.5 Å². The molecule has 2 aromatic heterocycles. The van der Waals surface area contributed by atoms with Gasteiger partial charge in [-0.1, -0.05) is 133 Å². The Balaban J connectivity index is 1.08. The van der Waals surface area contributed by atoms with Crippen LogP contribution in [0.15, 0.2) is 157 Å². The van der Waals surface area contributed by atoms with Crippen molar-refractivity contribution >= 4 is 66.1 Å². The molecule has 362 valence electrons. The number of hydrogen-bond donors (Lipinski definition) is 4. The van der Waals surface area contributed by atoms with Crippen LogP contribution in [0.3, 0.4) is 0 Å². The first-order valence-corrected chi connectivity index (χ1v) is 25.0. The Labute approximate surface area is 401 Å². The molecule has 6 aromatic carbocycles. The fourth-order valence-electron chi connectivity index (χ4n) is 7.03. The summed E-state index contributed by atoms with van der Waals surface area (Å²) in [5.74, 6) is -1.36. The molecule has 19 nitrogen and oxygen atoms in total. The van der Waals surface area contributed by atoms with E-state index in [-0.39, 0.29) is 48.6 Å². The van der Waals surface area contributed by atoms with Gasteiger partial charge >= 0.3 is 27.4 Å². The summed E-state index contributed by atoms with van der Waals surface area (Å²) < 4.78 is 73.5. The molecule has 0 aliphatic rings. The first kappa shape index (κ1) is 49.2. The van der Waals surface area contributed by atoms with Gasteiger partial charge in [-0.05, 0) is 47.9 Å². The number of fused-ring (bicyclic) bond motifs is 3. The molecule has 8 aromatic rings. The van der Waals surface area contributed by atoms with Crippen molar-refractivity contribution < 1.29 is 51.0 Å². The number of H-pyrrole nitrogens is 1. The van der Waals surface area contributed by atoms with E-state index in [9.17, 15) is 14.4 Å². The highest BCUT2D eigenvalue weighted by Crippen LogP contribution is 2.49. The van der Waals surface area contributed by atoms with Gasteiger partial charge in [0.2, 0.25) is 5.95 Å². The van der Waals surface area contributed by atoms with Gasteiger partial charge in [0, 0.05) is 10.8 Å². The number of nitrogens with one attached hydrogen (secondary N) is 3. The maximum Gasteiger partial charge on any atom is 0.459 e. The number of nitrogen functional groups attached to an aromatic ring is 1. The minimum atomic E-state index is -4.61. The van der Waals surface area contributed by atoms with Crippen LogP contribution in [0.1, 0.15) is 25.0 Å². The molecule has 0 saturated carbocycles. The summed E-state index contributed by atoms with van der Waals surface area (Å²) >= 11 is 0. The van der Waals surface area contributed by atoms with Crippen molar-refractivity contribution in [2.24, 2.45) is 0 Å². The molecule has 4 atom stereocenters. The predicted octanol–water partition coefficient (Wildman–Crippen LogP) is 8.20. The maximum absolute atomic E-state index is 15.1. The van der Waals surface area contributed by atoms with Gasteiger partial charge in [0.05, 0.1) is 19.5 Å². The molecule has 0 aliphatic heterocycles. The van der Waals surface area contributed by atoms with Crippen molar-refractivity contribution in [3.05, 3.63) is 173 Å². The van der Waals surface area contributed by atoms with Gasteiger partial charge in [-0.2, -0.15) is 15.2 Å². The van der Waals surface area contributed by atoms with E-state index in [4.69, 9.17) is 38.0 Å². The zero-order valence-corrected chi connectivity index (χ0v) is 39.7. The van der Waals surface area contributed by atoms with E-state index in [1.807, 2.05) is 48.5 Å². The highest BCUT2D eigenvalue weighted by molar-refractivity contribution is 7.52. The number of benzene rings is 6. The minimum absolute atomic E-state index is 0.0301. The van der Waals surface area contributed by atoms with Crippen LogP contribution in [0.25, 0.3) is 32.7 Å². The Morgan fingerprint density at radius 1 is 0.657 bits per heavy atom. The molecule has 5 N–H and O–H groups in total. The average molecular weight is 990 g/mol. The number of ether oxygens (including phenoxy) is 3. The summed E-state index contributed by atoms with van der Waals surface area (Å²) in [6, 6.07) is 40.3. The summed E-state index contributed by atoms with van der Waals surface area (Å²) in [5.41, 5.74) is 6.78. The van der Waals surface area contributed by atoms with E-state index in [2.05, 4.69) is 25.1 Å². The Bertz CT molecular complexity index is 3070. The van der Waals surface area contributed by atoms with Crippen LogP contribution in [-0.2, 0) is 61.9 Å². The molecular weight excluding hydrogens is 941 g/mol. The number of imidazole rings is 1. The summed E-state index contributed by atoms with van der Waals surface area (Å²) in [6.45, 7) is 1.16. The topological polar surface area (TPSA) is 247 Å². The molecule has 0 aliphatic carbocycles. The largest absolute Gasteiger partial charge is 0.460 e. The van der Waals surface area contributed by atoms with Crippen LogP contribution in [0.2, 0.25) is 0 Å². The number of aromatic amines is 1. The predicted molar refractivity (Wildman–Crippen MR) is 261 cm³/mol. The lowest BCUT2D eigenvalue weighted by atomic mass is 10.1. The van der Waals surface area contributed by atoms with Crippen molar-refractivity contribution in [1.82, 2.24) is 29.7 Å². The van der Waals surface area contributed by atoms with Crippen molar-refractivity contribution in [1.29, 1.82) is 0 Å². The van der Waals surface area contributed by atoms with E-state index in [1.54, 1.807) is 97.1 Å². The molecule has 0 amide bonds. The number of carbonyl (C=O) groups is 2. The first-order valence-electron chi connectivity index (χ1n) is 22.0. The van der Waals surface area contributed by atoms with Gasteiger partial charge in [0.15, 0.2) is 11.2 Å². The van der Waals surface area contributed by atoms with Gasteiger partial charge in [0.1, 0.15) is 49.6 Å². The number of nitrogens with two attached hydrogens (primary N) is 1. The number of aromatic nitrogens is 4. The van der Waals surface area contributed by atoms with Gasteiger partial charge in [-0.3, -0.25) is 33.0 Å². The Morgan fingerprint density at radius 3 is 1.61 bits per heavy atom. The lowest BCUT2D eigenvalue weighted by molar-refractivity contribution is -0.147. The molecule has 2 heterocycles. The van der Waals surface area contributed by atoms with E-state index >= 15 is 9.13 Å².